The van der Waals surface area contributed by atoms with Gasteiger partial charge >= 0.3 is 0 Å². The minimum absolute atomic E-state index is 0.442. The van der Waals surface area contributed by atoms with Crippen LogP contribution in [0.4, 0.5) is 0 Å². The summed E-state index contributed by atoms with van der Waals surface area (Å²) in [5, 5.41) is 11.7. The highest BCUT2D eigenvalue weighted by atomic mass is 32.1. The molecule has 0 saturated heterocycles. The van der Waals surface area contributed by atoms with Crippen molar-refractivity contribution in [3.05, 3.63) is 26.2 Å². The van der Waals surface area contributed by atoms with Crippen molar-refractivity contribution in [2.75, 3.05) is 0 Å². The van der Waals surface area contributed by atoms with Gasteiger partial charge in [-0.15, -0.1) is 22.7 Å². The molecular weight excluding hydrogens is 224 g/mol. The van der Waals surface area contributed by atoms with Gasteiger partial charge in [-0.3, -0.25) is 0 Å². The van der Waals surface area contributed by atoms with Gasteiger partial charge < -0.3 is 0 Å². The first kappa shape index (κ1) is 9.08. The van der Waals surface area contributed by atoms with Crippen LogP contribution in [-0.2, 0) is 19.3 Å². The highest BCUT2D eigenvalue weighted by Crippen LogP contribution is 2.38. The first-order valence-electron chi connectivity index (χ1n) is 4.81. The zero-order valence-corrected chi connectivity index (χ0v) is 9.62. The largest absolute Gasteiger partial charge is 0.240 e. The normalized spacial score (nSPS) is 13.0. The Hall–Kier alpha value is -1.18. The number of hydrogen-bond donors (Lipinski definition) is 0. The van der Waals surface area contributed by atoms with Gasteiger partial charge in [0.15, 0.2) is 0 Å². The molecule has 0 unspecified atom stereocenters. The molecule has 2 aromatic rings. The van der Waals surface area contributed by atoms with Crippen LogP contribution in [0.5, 0.6) is 0 Å². The lowest BCUT2D eigenvalue weighted by molar-refractivity contribution is 0.977. The van der Waals surface area contributed by atoms with Crippen molar-refractivity contribution in [1.29, 1.82) is 5.26 Å². The van der Waals surface area contributed by atoms with Crippen molar-refractivity contribution in [2.45, 2.75) is 19.3 Å². The molecule has 0 saturated carbocycles. The van der Waals surface area contributed by atoms with E-state index in [0.717, 1.165) is 23.5 Å². The van der Waals surface area contributed by atoms with E-state index in [-0.39, 0.29) is 0 Å². The van der Waals surface area contributed by atoms with E-state index in [1.807, 2.05) is 11.3 Å². The van der Waals surface area contributed by atoms with Gasteiger partial charge in [-0.05, 0) is 24.3 Å². The maximum atomic E-state index is 8.65. The SMILES string of the molecule is N#CCc1nc2c(s1)CCc1sccc1-2. The number of nitriles is 1. The first-order valence-corrected chi connectivity index (χ1v) is 6.50. The summed E-state index contributed by atoms with van der Waals surface area (Å²) in [4.78, 5) is 7.35. The van der Waals surface area contributed by atoms with E-state index in [4.69, 9.17) is 5.26 Å². The molecule has 1 aliphatic rings. The number of aromatic nitrogens is 1. The Morgan fingerprint density at radius 1 is 1.40 bits per heavy atom. The maximum Gasteiger partial charge on any atom is 0.108 e. The second-order valence-corrected chi connectivity index (χ2v) is 5.64. The molecule has 1 aliphatic carbocycles. The van der Waals surface area contributed by atoms with E-state index in [0.29, 0.717) is 6.42 Å². The Bertz CT molecular complexity index is 545. The second-order valence-electron chi connectivity index (χ2n) is 3.47. The number of aryl methyl sites for hydroxylation is 2. The zero-order chi connectivity index (χ0) is 10.3. The molecule has 2 nitrogen and oxygen atoms in total. The topological polar surface area (TPSA) is 36.7 Å². The standard InChI is InChI=1S/C11H8N2S2/c12-5-3-10-13-11-7-4-6-14-8(7)1-2-9(11)15-10/h4,6H,1-3H2. The monoisotopic (exact) mass is 232 g/mol. The molecule has 0 bridgehead atoms. The Labute approximate surface area is 95.8 Å². The quantitative estimate of drug-likeness (QED) is 0.757. The van der Waals surface area contributed by atoms with Gasteiger partial charge in [0, 0.05) is 15.3 Å². The number of nitrogens with zero attached hydrogens (tertiary/aromatic N) is 2. The van der Waals surface area contributed by atoms with Gasteiger partial charge in [0.05, 0.1) is 18.2 Å². The Morgan fingerprint density at radius 2 is 2.27 bits per heavy atom. The smallest absolute Gasteiger partial charge is 0.108 e. The first-order chi connectivity index (χ1) is 7.38. The van der Waals surface area contributed by atoms with Crippen LogP contribution in [0.1, 0.15) is 14.8 Å². The summed E-state index contributed by atoms with van der Waals surface area (Å²) < 4.78 is 0. The van der Waals surface area contributed by atoms with Crippen LogP contribution in [0, 0.1) is 11.3 Å². The van der Waals surface area contributed by atoms with Gasteiger partial charge in [-0.25, -0.2) is 4.98 Å². The van der Waals surface area contributed by atoms with Crippen LogP contribution in [-0.4, -0.2) is 4.98 Å². The lowest BCUT2D eigenvalue weighted by Gasteiger charge is -2.09. The van der Waals surface area contributed by atoms with E-state index in [2.05, 4.69) is 22.5 Å². The van der Waals surface area contributed by atoms with Crippen LogP contribution >= 0.6 is 22.7 Å². The van der Waals surface area contributed by atoms with Gasteiger partial charge in [-0.1, -0.05) is 0 Å². The minimum atomic E-state index is 0.442. The predicted octanol–water partition coefficient (Wildman–Crippen LogP) is 3.04. The molecule has 15 heavy (non-hydrogen) atoms. The molecule has 74 valence electrons. The molecule has 0 aromatic carbocycles. The van der Waals surface area contributed by atoms with E-state index < -0.39 is 0 Å². The van der Waals surface area contributed by atoms with E-state index in [1.54, 1.807) is 11.3 Å². The predicted molar refractivity (Wildman–Crippen MR) is 62.2 cm³/mol. The average Bonchev–Trinajstić information content (AvgIpc) is 2.80. The molecule has 3 rings (SSSR count). The summed E-state index contributed by atoms with van der Waals surface area (Å²) in [6, 6.07) is 4.31. The van der Waals surface area contributed by atoms with Crippen LogP contribution in [0.2, 0.25) is 0 Å². The fourth-order valence-corrected chi connectivity index (χ4v) is 3.79. The summed E-state index contributed by atoms with van der Waals surface area (Å²) >= 11 is 3.51. The number of hydrogen-bond acceptors (Lipinski definition) is 4. The highest BCUT2D eigenvalue weighted by molar-refractivity contribution is 7.12. The van der Waals surface area contributed by atoms with Crippen molar-refractivity contribution in [1.82, 2.24) is 4.98 Å². The van der Waals surface area contributed by atoms with Gasteiger partial charge in [-0.2, -0.15) is 5.26 Å². The van der Waals surface area contributed by atoms with Gasteiger partial charge in [0.25, 0.3) is 0 Å². The molecule has 2 aromatic heterocycles. The second kappa shape index (κ2) is 3.44. The molecular formula is C11H8N2S2. The number of fused-ring (bicyclic) bond motifs is 3. The third-order valence-electron chi connectivity index (χ3n) is 2.55. The summed E-state index contributed by atoms with van der Waals surface area (Å²) in [5.74, 6) is 0. The van der Waals surface area contributed by atoms with Crippen LogP contribution in [0.15, 0.2) is 11.4 Å². The third-order valence-corrected chi connectivity index (χ3v) is 4.65. The fourth-order valence-electron chi connectivity index (χ4n) is 1.90. The number of rotatable bonds is 1. The lowest BCUT2D eigenvalue weighted by atomic mass is 10.0. The number of thiophene rings is 1. The average molecular weight is 232 g/mol. The molecule has 0 fully saturated rings. The zero-order valence-electron chi connectivity index (χ0n) is 7.99. The molecule has 0 amide bonds. The van der Waals surface area contributed by atoms with E-state index in [1.165, 1.54) is 15.3 Å². The molecule has 0 aliphatic heterocycles. The van der Waals surface area contributed by atoms with Crippen molar-refractivity contribution >= 4 is 22.7 Å². The summed E-state index contributed by atoms with van der Waals surface area (Å²) in [6.45, 7) is 0. The highest BCUT2D eigenvalue weighted by Gasteiger charge is 2.21. The third kappa shape index (κ3) is 1.39. The van der Waals surface area contributed by atoms with Gasteiger partial charge in [0.2, 0.25) is 0 Å². The molecule has 0 radical (unpaired) electrons. The van der Waals surface area contributed by atoms with Crippen molar-refractivity contribution in [2.24, 2.45) is 0 Å². The molecule has 4 heteroatoms. The summed E-state index contributed by atoms with van der Waals surface area (Å²) in [5.41, 5.74) is 2.43. The van der Waals surface area contributed by atoms with Crippen molar-refractivity contribution in [3.63, 3.8) is 0 Å². The molecule has 0 atom stereocenters. The molecule has 0 spiro atoms. The Morgan fingerprint density at radius 3 is 3.13 bits per heavy atom. The van der Waals surface area contributed by atoms with Crippen LogP contribution < -0.4 is 0 Å². The Balaban J connectivity index is 2.13. The lowest BCUT2D eigenvalue weighted by Crippen LogP contribution is -1.97. The van der Waals surface area contributed by atoms with Crippen molar-refractivity contribution in [3.8, 4) is 17.3 Å². The Kier molecular flexibility index (Phi) is 2.08. The summed E-state index contributed by atoms with van der Waals surface area (Å²) in [6.07, 6.45) is 2.66. The molecule has 2 heterocycles. The summed E-state index contributed by atoms with van der Waals surface area (Å²) in [7, 11) is 0. The van der Waals surface area contributed by atoms with E-state index in [9.17, 15) is 0 Å². The molecule has 0 N–H and O–H groups in total. The number of thiazole rings is 1. The van der Waals surface area contributed by atoms with Crippen molar-refractivity contribution < 1.29 is 0 Å². The van der Waals surface area contributed by atoms with Gasteiger partial charge in [0.1, 0.15) is 5.01 Å². The maximum absolute atomic E-state index is 8.65. The fraction of sp³-hybridized carbons (Fsp3) is 0.273. The van der Waals surface area contributed by atoms with Crippen LogP contribution in [0.25, 0.3) is 11.3 Å². The van der Waals surface area contributed by atoms with E-state index >= 15 is 0 Å². The van der Waals surface area contributed by atoms with Crippen LogP contribution in [0.3, 0.4) is 0 Å². The minimum Gasteiger partial charge on any atom is -0.240 e.